The van der Waals surface area contributed by atoms with Crippen LogP contribution in [0.2, 0.25) is 0 Å². The number of amides is 1. The molecule has 2 aromatic carbocycles. The van der Waals surface area contributed by atoms with E-state index in [2.05, 4.69) is 35.9 Å². The van der Waals surface area contributed by atoms with Gasteiger partial charge in [0.25, 0.3) is 0 Å². The molecule has 0 spiro atoms. The summed E-state index contributed by atoms with van der Waals surface area (Å²) < 4.78 is 13.1. The van der Waals surface area contributed by atoms with E-state index in [1.54, 1.807) is 0 Å². The molecule has 0 radical (unpaired) electrons. The molecule has 0 aliphatic carbocycles. The van der Waals surface area contributed by atoms with Crippen molar-refractivity contribution in [2.24, 2.45) is 0 Å². The molecule has 1 amide bonds. The molecule has 1 aromatic heterocycles. The number of carbonyl (C=O) groups is 1. The molecule has 0 bridgehead atoms. The predicted molar refractivity (Wildman–Crippen MR) is 119 cm³/mol. The summed E-state index contributed by atoms with van der Waals surface area (Å²) in [7, 11) is 1.51. The van der Waals surface area contributed by atoms with Gasteiger partial charge in [0.15, 0.2) is 0 Å². The summed E-state index contributed by atoms with van der Waals surface area (Å²) >= 11 is 0. The van der Waals surface area contributed by atoms with Crippen molar-refractivity contribution >= 4 is 16.9 Å². The highest BCUT2D eigenvalue weighted by Crippen LogP contribution is 2.23. The summed E-state index contributed by atoms with van der Waals surface area (Å²) in [5.41, 5.74) is 4.45. The Morgan fingerprint density at radius 3 is 2.73 bits per heavy atom. The van der Waals surface area contributed by atoms with Crippen molar-refractivity contribution in [2.75, 3.05) is 20.3 Å². The normalized spacial score (nSPS) is 12.1. The smallest absolute Gasteiger partial charge is 0.246 e. The van der Waals surface area contributed by atoms with Gasteiger partial charge in [-0.15, -0.1) is 0 Å². The maximum Gasteiger partial charge on any atom is 0.246 e. The molecular weight excluding hydrogens is 378 g/mol. The molecule has 160 valence electrons. The van der Waals surface area contributed by atoms with Crippen LogP contribution in [-0.2, 0) is 16.1 Å². The van der Waals surface area contributed by atoms with Crippen molar-refractivity contribution < 1.29 is 14.3 Å². The third-order valence-corrected chi connectivity index (χ3v) is 5.31. The molecule has 1 unspecified atom stereocenters. The molecule has 3 rings (SSSR count). The number of methoxy groups -OCH3 is 1. The van der Waals surface area contributed by atoms with Gasteiger partial charge < -0.3 is 19.4 Å². The van der Waals surface area contributed by atoms with Crippen LogP contribution in [0.1, 0.15) is 42.8 Å². The van der Waals surface area contributed by atoms with Crippen molar-refractivity contribution in [3.8, 4) is 5.75 Å². The number of hydrogen-bond donors (Lipinski definition) is 1. The van der Waals surface area contributed by atoms with Crippen LogP contribution in [0.4, 0.5) is 0 Å². The van der Waals surface area contributed by atoms with Gasteiger partial charge in [-0.3, -0.25) is 4.79 Å². The Morgan fingerprint density at radius 2 is 1.93 bits per heavy atom. The molecule has 6 nitrogen and oxygen atoms in total. The van der Waals surface area contributed by atoms with E-state index in [4.69, 9.17) is 14.5 Å². The second-order valence-electron chi connectivity index (χ2n) is 7.59. The van der Waals surface area contributed by atoms with Crippen LogP contribution < -0.4 is 10.1 Å². The number of para-hydroxylation sites is 2. The van der Waals surface area contributed by atoms with E-state index in [9.17, 15) is 4.79 Å². The minimum atomic E-state index is -0.203. The number of nitrogens with zero attached hydrogens (tertiary/aromatic N) is 2. The lowest BCUT2D eigenvalue weighted by molar-refractivity contribution is -0.125. The molecule has 6 heteroatoms. The zero-order valence-electron chi connectivity index (χ0n) is 18.3. The van der Waals surface area contributed by atoms with Crippen LogP contribution in [0, 0.1) is 13.8 Å². The lowest BCUT2D eigenvalue weighted by atomic mass is 10.1. The Bertz CT molecular complexity index is 997. The van der Waals surface area contributed by atoms with Crippen molar-refractivity contribution in [1.82, 2.24) is 14.9 Å². The fraction of sp³-hybridized carbons (Fsp3) is 0.417. The van der Waals surface area contributed by atoms with Crippen LogP contribution in [0.25, 0.3) is 11.0 Å². The SMILES string of the molecule is COCC(=O)NC(C)c1nc2ccccc2n1CCCCOc1cccc(C)c1C. The Balaban J connectivity index is 1.64. The summed E-state index contributed by atoms with van der Waals surface area (Å²) in [6.45, 7) is 7.67. The fourth-order valence-electron chi connectivity index (χ4n) is 3.57. The number of aromatic nitrogens is 2. The van der Waals surface area contributed by atoms with Crippen molar-refractivity contribution in [2.45, 2.75) is 46.2 Å². The Hall–Kier alpha value is -2.86. The Labute approximate surface area is 178 Å². The van der Waals surface area contributed by atoms with Crippen LogP contribution in [0.3, 0.4) is 0 Å². The van der Waals surface area contributed by atoms with E-state index < -0.39 is 0 Å². The summed E-state index contributed by atoms with van der Waals surface area (Å²) in [6.07, 6.45) is 1.89. The number of aryl methyl sites for hydroxylation is 2. The second-order valence-corrected chi connectivity index (χ2v) is 7.59. The molecule has 3 aromatic rings. The number of ether oxygens (including phenoxy) is 2. The highest BCUT2D eigenvalue weighted by molar-refractivity contribution is 5.78. The quantitative estimate of drug-likeness (QED) is 0.506. The average molecular weight is 410 g/mol. The van der Waals surface area contributed by atoms with Gasteiger partial charge in [-0.25, -0.2) is 4.98 Å². The number of hydrogen-bond acceptors (Lipinski definition) is 4. The number of rotatable bonds is 10. The van der Waals surface area contributed by atoms with E-state index in [-0.39, 0.29) is 18.6 Å². The molecule has 1 heterocycles. The zero-order chi connectivity index (χ0) is 21.5. The first-order chi connectivity index (χ1) is 14.5. The second kappa shape index (κ2) is 10.3. The summed E-state index contributed by atoms with van der Waals surface area (Å²) in [5.74, 6) is 1.67. The number of imidazole rings is 1. The summed E-state index contributed by atoms with van der Waals surface area (Å²) in [6, 6.07) is 14.0. The predicted octanol–water partition coefficient (Wildman–Crippen LogP) is 4.34. The molecule has 0 saturated carbocycles. The standard InChI is InChI=1S/C24H31N3O3/c1-17-10-9-13-22(18(17)2)30-15-8-7-14-27-21-12-6-5-11-20(21)26-24(27)19(3)25-23(28)16-29-4/h5-6,9-13,19H,7-8,14-16H2,1-4H3,(H,25,28). The van der Waals surface area contributed by atoms with Crippen LogP contribution in [-0.4, -0.2) is 35.8 Å². The fourth-order valence-corrected chi connectivity index (χ4v) is 3.57. The van der Waals surface area contributed by atoms with Gasteiger partial charge in [-0.2, -0.15) is 0 Å². The van der Waals surface area contributed by atoms with Crippen molar-refractivity contribution in [3.63, 3.8) is 0 Å². The highest BCUT2D eigenvalue weighted by atomic mass is 16.5. The molecule has 0 saturated heterocycles. The van der Waals surface area contributed by atoms with E-state index in [1.807, 2.05) is 37.3 Å². The topological polar surface area (TPSA) is 65.4 Å². The van der Waals surface area contributed by atoms with Gasteiger partial charge in [-0.05, 0) is 62.9 Å². The van der Waals surface area contributed by atoms with Gasteiger partial charge in [0.05, 0.1) is 23.7 Å². The van der Waals surface area contributed by atoms with E-state index in [0.717, 1.165) is 42.0 Å². The minimum absolute atomic E-state index is 0.0419. The number of fused-ring (bicyclic) bond motifs is 1. The van der Waals surface area contributed by atoms with Crippen molar-refractivity contribution in [3.05, 3.63) is 59.4 Å². The molecule has 30 heavy (non-hydrogen) atoms. The number of carbonyl (C=O) groups excluding carboxylic acids is 1. The average Bonchev–Trinajstić information content (AvgIpc) is 3.10. The summed E-state index contributed by atoms with van der Waals surface area (Å²) in [4.78, 5) is 16.7. The lowest BCUT2D eigenvalue weighted by Gasteiger charge is -2.16. The van der Waals surface area contributed by atoms with Gasteiger partial charge >= 0.3 is 0 Å². The Kier molecular flexibility index (Phi) is 7.46. The first kappa shape index (κ1) is 21.8. The van der Waals surface area contributed by atoms with Gasteiger partial charge in [0, 0.05) is 13.7 Å². The molecule has 0 fully saturated rings. The zero-order valence-corrected chi connectivity index (χ0v) is 18.3. The summed E-state index contributed by atoms with van der Waals surface area (Å²) in [5, 5.41) is 2.96. The third-order valence-electron chi connectivity index (χ3n) is 5.31. The van der Waals surface area contributed by atoms with E-state index in [0.29, 0.717) is 6.61 Å². The molecular formula is C24H31N3O3. The molecule has 1 atom stereocenters. The molecule has 0 aliphatic heterocycles. The number of unbranched alkanes of at least 4 members (excludes halogenated alkanes) is 1. The van der Waals surface area contributed by atoms with Crippen LogP contribution >= 0.6 is 0 Å². The number of benzene rings is 2. The van der Waals surface area contributed by atoms with Crippen LogP contribution in [0.5, 0.6) is 5.75 Å². The van der Waals surface area contributed by atoms with Gasteiger partial charge in [0.1, 0.15) is 18.2 Å². The minimum Gasteiger partial charge on any atom is -0.493 e. The Morgan fingerprint density at radius 1 is 1.13 bits per heavy atom. The van der Waals surface area contributed by atoms with E-state index >= 15 is 0 Å². The lowest BCUT2D eigenvalue weighted by Crippen LogP contribution is -2.31. The van der Waals surface area contributed by atoms with Gasteiger partial charge in [-0.1, -0.05) is 24.3 Å². The van der Waals surface area contributed by atoms with Crippen LogP contribution in [0.15, 0.2) is 42.5 Å². The van der Waals surface area contributed by atoms with Gasteiger partial charge in [0.2, 0.25) is 5.91 Å². The molecule has 1 N–H and O–H groups in total. The monoisotopic (exact) mass is 409 g/mol. The maximum absolute atomic E-state index is 11.9. The maximum atomic E-state index is 11.9. The number of nitrogens with one attached hydrogen (secondary N) is 1. The van der Waals surface area contributed by atoms with Crippen molar-refractivity contribution in [1.29, 1.82) is 0 Å². The largest absolute Gasteiger partial charge is 0.493 e. The molecule has 0 aliphatic rings. The highest BCUT2D eigenvalue weighted by Gasteiger charge is 2.18. The first-order valence-corrected chi connectivity index (χ1v) is 10.4. The third kappa shape index (κ3) is 5.19. The first-order valence-electron chi connectivity index (χ1n) is 10.4. The van der Waals surface area contributed by atoms with E-state index in [1.165, 1.54) is 18.2 Å².